The Hall–Kier alpha value is -2.32. The van der Waals surface area contributed by atoms with E-state index in [9.17, 15) is 29.2 Å². The zero-order valence-corrected chi connectivity index (χ0v) is 23.5. The molecule has 0 aliphatic carbocycles. The molecule has 38 heavy (non-hydrogen) atoms. The fourth-order valence-electron chi connectivity index (χ4n) is 3.08. The molecule has 15 heteroatoms. The predicted molar refractivity (Wildman–Crippen MR) is 130 cm³/mol. The van der Waals surface area contributed by atoms with Crippen molar-refractivity contribution in [1.82, 2.24) is 10.2 Å². The van der Waals surface area contributed by atoms with Gasteiger partial charge >= 0.3 is 19.8 Å². The van der Waals surface area contributed by atoms with Crippen molar-refractivity contribution in [3.05, 3.63) is 24.7 Å². The number of carbonyl (C=O) groups excluding carboxylic acids is 3. The van der Waals surface area contributed by atoms with Crippen molar-refractivity contribution in [2.24, 2.45) is 10.8 Å². The fraction of sp³-hybridized carbons (Fsp3) is 0.696. The molecule has 1 amide bonds. The van der Waals surface area contributed by atoms with E-state index in [4.69, 9.17) is 27.8 Å². The Morgan fingerprint density at radius 1 is 1.11 bits per heavy atom. The van der Waals surface area contributed by atoms with Gasteiger partial charge in [0.25, 0.3) is 5.91 Å². The highest BCUT2D eigenvalue weighted by Gasteiger charge is 2.55. The summed E-state index contributed by atoms with van der Waals surface area (Å²) in [5.41, 5.74) is -3.63. The van der Waals surface area contributed by atoms with Crippen molar-refractivity contribution in [1.29, 1.82) is 0 Å². The lowest BCUT2D eigenvalue weighted by Gasteiger charge is -2.37. The minimum absolute atomic E-state index is 0.0928. The smallest absolute Gasteiger partial charge is 0.437 e. The van der Waals surface area contributed by atoms with Crippen LogP contribution in [-0.4, -0.2) is 77.2 Å². The maximum Gasteiger partial charge on any atom is 0.480 e. The first kappa shape index (κ1) is 31.9. The Labute approximate surface area is 221 Å². The normalized spacial score (nSPS) is 26.3. The van der Waals surface area contributed by atoms with Crippen LogP contribution in [0.1, 0.15) is 48.5 Å². The Morgan fingerprint density at radius 3 is 2.05 bits per heavy atom. The molecule has 3 N–H and O–H groups in total. The van der Waals surface area contributed by atoms with Gasteiger partial charge in [0.15, 0.2) is 6.23 Å². The van der Waals surface area contributed by atoms with Crippen LogP contribution in [0.5, 0.6) is 0 Å². The van der Waals surface area contributed by atoms with Gasteiger partial charge in [-0.05, 0) is 48.5 Å². The minimum atomic E-state index is -4.56. The van der Waals surface area contributed by atoms with Gasteiger partial charge in [-0.3, -0.25) is 18.9 Å². The maximum atomic E-state index is 13.2. The topological polar surface area (TPSA) is 179 Å². The molecule has 0 aromatic rings. The fourth-order valence-corrected chi connectivity index (χ4v) is 4.00. The third kappa shape index (κ3) is 8.09. The number of phosphoric acid groups is 1. The molecule has 4 atom stereocenters. The van der Waals surface area contributed by atoms with Crippen molar-refractivity contribution in [3.63, 3.8) is 0 Å². The third-order valence-electron chi connectivity index (χ3n) is 5.40. The standard InChI is InChI=1S/C23H37N2O12P/c1-14-24-16(26)9-10-25(14)18-23(8,30)17(27)15(37-18)11-34-38(31,35-12-32-19(28)21(2,3)4)36-13-33-20(29)22(5,6)7/h9-10,15,17-18,27,30H,1,11-13H2,2-8H3,(H,24,26)/t15-,17+,18-,23?/m1/s1. The average molecular weight is 565 g/mol. The SMILES string of the molecule is C=C1NC(=O)C=CN1[C@@H]1O[C@H](COP(=O)(OCOC(=O)C(C)(C)C)OCOC(=O)C(C)(C)C)[C@H](O)C1(C)O. The molecule has 0 radical (unpaired) electrons. The van der Waals surface area contributed by atoms with Gasteiger partial charge in [0.05, 0.1) is 17.4 Å². The summed E-state index contributed by atoms with van der Waals surface area (Å²) >= 11 is 0. The van der Waals surface area contributed by atoms with Crippen molar-refractivity contribution in [2.45, 2.75) is 72.5 Å². The molecule has 0 aromatic carbocycles. The van der Waals surface area contributed by atoms with Gasteiger partial charge in [0, 0.05) is 12.3 Å². The summed E-state index contributed by atoms with van der Waals surface area (Å²) in [7, 11) is -4.56. The molecule has 2 aliphatic heterocycles. The van der Waals surface area contributed by atoms with E-state index >= 15 is 0 Å². The van der Waals surface area contributed by atoms with Crippen LogP contribution in [-0.2, 0) is 46.7 Å². The molecule has 1 saturated heterocycles. The number of carbonyl (C=O) groups is 3. The number of esters is 2. The second-order valence-electron chi connectivity index (χ2n) is 11.0. The summed E-state index contributed by atoms with van der Waals surface area (Å²) in [5.74, 6) is -1.65. The van der Waals surface area contributed by atoms with Gasteiger partial charge in [0.2, 0.25) is 13.6 Å². The number of amides is 1. The highest BCUT2D eigenvalue weighted by Crippen LogP contribution is 2.50. The van der Waals surface area contributed by atoms with Crippen LogP contribution < -0.4 is 5.32 Å². The first-order valence-corrected chi connectivity index (χ1v) is 13.1. The van der Waals surface area contributed by atoms with E-state index in [1.54, 1.807) is 41.5 Å². The average Bonchev–Trinajstić information content (AvgIpc) is 3.00. The number of nitrogens with one attached hydrogen (secondary N) is 1. The molecule has 14 nitrogen and oxygen atoms in total. The lowest BCUT2D eigenvalue weighted by molar-refractivity contribution is -0.163. The molecular weight excluding hydrogens is 527 g/mol. The molecule has 0 aromatic heterocycles. The zero-order valence-electron chi connectivity index (χ0n) is 22.6. The van der Waals surface area contributed by atoms with Gasteiger partial charge < -0.3 is 34.6 Å². The number of hydrogen-bond acceptors (Lipinski definition) is 13. The lowest BCUT2D eigenvalue weighted by atomic mass is 9.96. The Morgan fingerprint density at radius 2 is 1.61 bits per heavy atom. The third-order valence-corrected chi connectivity index (χ3v) is 6.70. The molecule has 0 spiro atoms. The number of rotatable bonds is 10. The first-order chi connectivity index (χ1) is 17.3. The number of aliphatic hydroxyl groups is 2. The van der Waals surface area contributed by atoms with Crippen molar-refractivity contribution < 1.29 is 56.9 Å². The van der Waals surface area contributed by atoms with E-state index in [0.29, 0.717) is 0 Å². The van der Waals surface area contributed by atoms with Gasteiger partial charge in [-0.2, -0.15) is 0 Å². The van der Waals surface area contributed by atoms with Crippen LogP contribution in [0.25, 0.3) is 0 Å². The largest absolute Gasteiger partial charge is 0.480 e. The van der Waals surface area contributed by atoms with Crippen LogP contribution in [0.4, 0.5) is 0 Å². The van der Waals surface area contributed by atoms with Gasteiger partial charge in [-0.1, -0.05) is 6.58 Å². The second kappa shape index (κ2) is 11.8. The molecule has 0 bridgehead atoms. The van der Waals surface area contributed by atoms with Crippen LogP contribution in [0, 0.1) is 10.8 Å². The van der Waals surface area contributed by atoms with E-state index in [-0.39, 0.29) is 5.82 Å². The summed E-state index contributed by atoms with van der Waals surface area (Å²) in [6, 6.07) is 0. The molecule has 2 rings (SSSR count). The highest BCUT2D eigenvalue weighted by atomic mass is 31.2. The van der Waals surface area contributed by atoms with E-state index in [1.165, 1.54) is 24.1 Å². The Kier molecular flexibility index (Phi) is 9.92. The van der Waals surface area contributed by atoms with Crippen LogP contribution in [0.2, 0.25) is 0 Å². The quantitative estimate of drug-likeness (QED) is 0.198. The lowest BCUT2D eigenvalue weighted by Crippen LogP contribution is -2.53. The summed E-state index contributed by atoms with van der Waals surface area (Å²) < 4.78 is 44.3. The van der Waals surface area contributed by atoms with Gasteiger partial charge in [-0.25, -0.2) is 13.6 Å². The summed E-state index contributed by atoms with van der Waals surface area (Å²) in [6.07, 6.45) is -1.53. The van der Waals surface area contributed by atoms with Crippen LogP contribution >= 0.6 is 7.82 Å². The minimum Gasteiger partial charge on any atom is -0.437 e. The molecule has 0 saturated carbocycles. The highest BCUT2D eigenvalue weighted by molar-refractivity contribution is 7.48. The zero-order chi connectivity index (χ0) is 29.1. The van der Waals surface area contributed by atoms with Crippen molar-refractivity contribution in [2.75, 3.05) is 20.2 Å². The summed E-state index contributed by atoms with van der Waals surface area (Å²) in [6.45, 7) is 12.4. The Balaban J connectivity index is 2.10. The molecule has 1 unspecified atom stereocenters. The van der Waals surface area contributed by atoms with E-state index in [0.717, 1.165) is 0 Å². The van der Waals surface area contributed by atoms with E-state index in [1.807, 2.05) is 0 Å². The van der Waals surface area contributed by atoms with Crippen LogP contribution in [0.3, 0.4) is 0 Å². The van der Waals surface area contributed by atoms with Gasteiger partial charge in [0.1, 0.15) is 23.6 Å². The number of nitrogens with zero attached hydrogens (tertiary/aromatic N) is 1. The number of ether oxygens (including phenoxy) is 3. The predicted octanol–water partition coefficient (Wildman–Crippen LogP) is 1.49. The maximum absolute atomic E-state index is 13.2. The van der Waals surface area contributed by atoms with Crippen LogP contribution in [0.15, 0.2) is 24.7 Å². The molecule has 216 valence electrons. The second-order valence-corrected chi connectivity index (χ2v) is 12.6. The first-order valence-electron chi connectivity index (χ1n) is 11.7. The van der Waals surface area contributed by atoms with Crippen molar-refractivity contribution in [3.8, 4) is 0 Å². The number of aliphatic hydroxyl groups excluding tert-OH is 1. The van der Waals surface area contributed by atoms with Gasteiger partial charge in [-0.15, -0.1) is 0 Å². The van der Waals surface area contributed by atoms with E-state index < -0.39 is 80.7 Å². The number of phosphoric ester groups is 1. The molecule has 1 fully saturated rings. The summed E-state index contributed by atoms with van der Waals surface area (Å²) in [5, 5.41) is 24.1. The Bertz CT molecular complexity index is 961. The van der Waals surface area contributed by atoms with Crippen molar-refractivity contribution >= 4 is 25.7 Å². The van der Waals surface area contributed by atoms with E-state index in [2.05, 4.69) is 11.9 Å². The number of hydrogen-bond donors (Lipinski definition) is 3. The molecule has 2 aliphatic rings. The molecule has 2 heterocycles. The monoisotopic (exact) mass is 564 g/mol. The summed E-state index contributed by atoms with van der Waals surface area (Å²) in [4.78, 5) is 36.8. The molecular formula is C23H37N2O12P.